The summed E-state index contributed by atoms with van der Waals surface area (Å²) in [6.45, 7) is 10.5. The zero-order chi connectivity index (χ0) is 28.6. The van der Waals surface area contributed by atoms with Crippen LogP contribution in [-0.2, 0) is 14.3 Å². The number of piperidine rings is 1. The van der Waals surface area contributed by atoms with Gasteiger partial charge in [-0.25, -0.2) is 0 Å². The first kappa shape index (κ1) is 28.4. The minimum atomic E-state index is -4.86. The normalized spacial score (nSPS) is 43.5. The van der Waals surface area contributed by atoms with Crippen molar-refractivity contribution in [1.82, 2.24) is 10.2 Å². The molecule has 6 rings (SSSR count). The number of halogens is 3. The molecule has 2 heterocycles. The maximum absolute atomic E-state index is 12.8. The second-order valence-electron chi connectivity index (χ2n) is 14.1. The van der Waals surface area contributed by atoms with E-state index in [0.717, 1.165) is 45.1 Å². The number of amides is 1. The lowest BCUT2D eigenvalue weighted by Crippen LogP contribution is -2.62. The minimum absolute atomic E-state index is 0.0168. The van der Waals surface area contributed by atoms with E-state index in [1.807, 2.05) is 0 Å². The molecule has 5 nitrogen and oxygen atoms in total. The third-order valence-corrected chi connectivity index (χ3v) is 12.0. The SMILES string of the molecule is CC1=C2C[C@H]3[C@@H](CC=C4CC(=O)CC[C@@]43C)[C@@H]2CC[C@@H]2O[C@@H]3C[C@H](C)CN(CCNC(=O)C(F)(F)F)[C@H]3[C@@H](C)C12. The molecule has 4 fully saturated rings. The van der Waals surface area contributed by atoms with Crippen LogP contribution in [0.2, 0.25) is 0 Å². The quantitative estimate of drug-likeness (QED) is 0.439. The van der Waals surface area contributed by atoms with E-state index < -0.39 is 12.1 Å². The van der Waals surface area contributed by atoms with Crippen molar-refractivity contribution in [3.8, 4) is 0 Å². The van der Waals surface area contributed by atoms with Crippen molar-refractivity contribution in [3.05, 3.63) is 22.8 Å². The number of carbonyl (C=O) groups is 2. The third kappa shape index (κ3) is 4.69. The summed E-state index contributed by atoms with van der Waals surface area (Å²) < 4.78 is 45.2. The molecule has 6 aliphatic rings. The van der Waals surface area contributed by atoms with Gasteiger partial charge in [-0.3, -0.25) is 14.5 Å². The molecule has 1 amide bonds. The van der Waals surface area contributed by atoms with Gasteiger partial charge in [0.15, 0.2) is 0 Å². The summed E-state index contributed by atoms with van der Waals surface area (Å²) in [7, 11) is 0. The largest absolute Gasteiger partial charge is 0.471 e. The van der Waals surface area contributed by atoms with Crippen molar-refractivity contribution in [2.45, 2.75) is 103 Å². The number of nitrogens with zero attached hydrogens (tertiary/aromatic N) is 1. The molecule has 1 unspecified atom stereocenters. The van der Waals surface area contributed by atoms with Crippen LogP contribution >= 0.6 is 0 Å². The summed E-state index contributed by atoms with van der Waals surface area (Å²) >= 11 is 0. The van der Waals surface area contributed by atoms with E-state index >= 15 is 0 Å². The number of ketones is 1. The first-order valence-electron chi connectivity index (χ1n) is 15.5. The fourth-order valence-electron chi connectivity index (χ4n) is 10.2. The third-order valence-electron chi connectivity index (χ3n) is 12.0. The number of likely N-dealkylation sites (tertiary alicyclic amines) is 1. The zero-order valence-corrected chi connectivity index (χ0v) is 24.4. The van der Waals surface area contributed by atoms with Gasteiger partial charge in [0.25, 0.3) is 0 Å². The molecule has 0 spiro atoms. The van der Waals surface area contributed by atoms with E-state index in [0.29, 0.717) is 60.7 Å². The standard InChI is InChI=1S/C32H45F3N2O3/c1-17-13-27-29(37(16-17)12-11-36-30(39)32(33,34)35)19(3)28-18(2)24-15-25-23(22(24)7-8-26(28)40-27)6-5-20-14-21(38)9-10-31(20,25)4/h5,17,19,22-23,25-29H,6-16H2,1-4H3,(H,36,39)/t17-,19-,22-,23-,25-,26-,27+,28?,29-,31-/m0/s1. The number of nitrogens with one attached hydrogen (secondary N) is 1. The number of rotatable bonds is 3. The Morgan fingerprint density at radius 3 is 2.75 bits per heavy atom. The molecule has 0 radical (unpaired) electrons. The molecule has 0 aromatic rings. The van der Waals surface area contributed by atoms with Crippen molar-refractivity contribution in [2.75, 3.05) is 19.6 Å². The van der Waals surface area contributed by atoms with E-state index in [9.17, 15) is 22.8 Å². The number of ether oxygens (including phenoxy) is 1. The molecule has 0 aromatic carbocycles. The molecule has 2 saturated carbocycles. The summed E-state index contributed by atoms with van der Waals surface area (Å²) in [5.74, 6) is 1.35. The van der Waals surface area contributed by atoms with Gasteiger partial charge in [0.1, 0.15) is 5.78 Å². The number of hydrogen-bond acceptors (Lipinski definition) is 4. The second-order valence-corrected chi connectivity index (χ2v) is 14.1. The lowest BCUT2D eigenvalue weighted by Gasteiger charge is -2.54. The Labute approximate surface area is 236 Å². The number of hydrogen-bond donors (Lipinski definition) is 1. The average Bonchev–Trinajstić information content (AvgIpc) is 3.20. The van der Waals surface area contributed by atoms with E-state index in [1.165, 1.54) is 11.1 Å². The lowest BCUT2D eigenvalue weighted by atomic mass is 9.57. The van der Waals surface area contributed by atoms with Crippen molar-refractivity contribution in [2.24, 2.45) is 40.9 Å². The van der Waals surface area contributed by atoms with Crippen LogP contribution in [0.1, 0.15) is 79.1 Å². The Hall–Kier alpha value is -1.67. The van der Waals surface area contributed by atoms with Gasteiger partial charge in [-0.2, -0.15) is 13.2 Å². The fourth-order valence-corrected chi connectivity index (χ4v) is 10.2. The van der Waals surface area contributed by atoms with E-state index in [2.05, 4.69) is 44.0 Å². The highest BCUT2D eigenvalue weighted by Crippen LogP contribution is 2.63. The topological polar surface area (TPSA) is 58.6 Å². The summed E-state index contributed by atoms with van der Waals surface area (Å²) in [6.07, 6.45) is 5.51. The summed E-state index contributed by atoms with van der Waals surface area (Å²) in [5.41, 5.74) is 4.65. The van der Waals surface area contributed by atoms with Crippen LogP contribution < -0.4 is 5.32 Å². The fraction of sp³-hybridized carbons (Fsp3) is 0.812. The van der Waals surface area contributed by atoms with Crippen molar-refractivity contribution < 1.29 is 27.5 Å². The lowest BCUT2D eigenvalue weighted by molar-refractivity contribution is -0.175. The first-order chi connectivity index (χ1) is 18.9. The van der Waals surface area contributed by atoms with Crippen LogP contribution in [0.3, 0.4) is 0 Å². The van der Waals surface area contributed by atoms with Gasteiger partial charge in [0.05, 0.1) is 12.2 Å². The molecule has 10 atom stereocenters. The van der Waals surface area contributed by atoms with E-state index in [4.69, 9.17) is 4.74 Å². The molecular weight excluding hydrogens is 517 g/mol. The second kappa shape index (κ2) is 10.3. The molecule has 0 bridgehead atoms. The number of Topliss-reactive ketones (excluding diaryl/α,β-unsaturated/α-hetero) is 1. The Kier molecular flexibility index (Phi) is 7.29. The molecule has 222 valence electrons. The van der Waals surface area contributed by atoms with Gasteiger partial charge in [0, 0.05) is 44.4 Å². The molecule has 0 aromatic heterocycles. The number of fused-ring (bicyclic) bond motifs is 7. The van der Waals surface area contributed by atoms with Crippen LogP contribution in [0.4, 0.5) is 13.2 Å². The smallest absolute Gasteiger partial charge is 0.373 e. The molecular formula is C32H45F3N2O3. The van der Waals surface area contributed by atoms with Crippen LogP contribution in [0, 0.1) is 40.9 Å². The van der Waals surface area contributed by atoms with Crippen LogP contribution in [0.25, 0.3) is 0 Å². The van der Waals surface area contributed by atoms with Crippen molar-refractivity contribution in [3.63, 3.8) is 0 Å². The summed E-state index contributed by atoms with van der Waals surface area (Å²) in [6, 6.07) is 0.131. The van der Waals surface area contributed by atoms with Crippen LogP contribution in [0.15, 0.2) is 22.8 Å². The zero-order valence-electron chi connectivity index (χ0n) is 24.4. The Morgan fingerprint density at radius 1 is 1.23 bits per heavy atom. The van der Waals surface area contributed by atoms with Gasteiger partial charge in [-0.05, 0) is 80.5 Å². The predicted molar refractivity (Wildman–Crippen MR) is 146 cm³/mol. The molecule has 40 heavy (non-hydrogen) atoms. The number of carbonyl (C=O) groups excluding carboxylic acids is 2. The Morgan fingerprint density at radius 2 is 2.00 bits per heavy atom. The van der Waals surface area contributed by atoms with Gasteiger partial charge in [-0.1, -0.05) is 43.6 Å². The summed E-state index contributed by atoms with van der Waals surface area (Å²) in [5, 5.41) is 2.08. The highest BCUT2D eigenvalue weighted by molar-refractivity contribution is 5.83. The molecule has 2 saturated heterocycles. The highest BCUT2D eigenvalue weighted by atomic mass is 19.4. The van der Waals surface area contributed by atoms with Crippen molar-refractivity contribution in [1.29, 1.82) is 0 Å². The first-order valence-corrected chi connectivity index (χ1v) is 15.5. The highest BCUT2D eigenvalue weighted by Gasteiger charge is 2.56. The monoisotopic (exact) mass is 562 g/mol. The number of allylic oxidation sites excluding steroid dienone is 3. The molecule has 4 aliphatic carbocycles. The molecule has 2 aliphatic heterocycles. The maximum atomic E-state index is 12.8. The van der Waals surface area contributed by atoms with Crippen molar-refractivity contribution >= 4 is 11.7 Å². The van der Waals surface area contributed by atoms with Gasteiger partial charge in [-0.15, -0.1) is 0 Å². The number of alkyl halides is 3. The van der Waals surface area contributed by atoms with Crippen LogP contribution in [-0.4, -0.2) is 60.7 Å². The Balaban J connectivity index is 1.24. The van der Waals surface area contributed by atoms with Crippen LogP contribution in [0.5, 0.6) is 0 Å². The van der Waals surface area contributed by atoms with E-state index in [1.54, 1.807) is 5.57 Å². The Bertz CT molecular complexity index is 1120. The van der Waals surface area contributed by atoms with Gasteiger partial charge >= 0.3 is 12.1 Å². The molecule has 1 N–H and O–H groups in total. The van der Waals surface area contributed by atoms with Gasteiger partial charge < -0.3 is 10.1 Å². The minimum Gasteiger partial charge on any atom is -0.373 e. The molecule has 8 heteroatoms. The van der Waals surface area contributed by atoms with E-state index in [-0.39, 0.29) is 30.2 Å². The summed E-state index contributed by atoms with van der Waals surface area (Å²) in [4.78, 5) is 26.0. The van der Waals surface area contributed by atoms with Gasteiger partial charge in [0.2, 0.25) is 0 Å². The average molecular weight is 563 g/mol. The maximum Gasteiger partial charge on any atom is 0.471 e. The predicted octanol–water partition coefficient (Wildman–Crippen LogP) is 5.85.